The fourth-order valence-electron chi connectivity index (χ4n) is 5.31. The monoisotopic (exact) mass is 481 g/mol. The van der Waals surface area contributed by atoms with E-state index in [9.17, 15) is 9.18 Å². The Bertz CT molecular complexity index is 1600. The van der Waals surface area contributed by atoms with E-state index in [0.29, 0.717) is 18.7 Å². The van der Waals surface area contributed by atoms with Gasteiger partial charge in [-0.15, -0.1) is 0 Å². The molecule has 0 aliphatic carbocycles. The van der Waals surface area contributed by atoms with Crippen LogP contribution in [-0.2, 0) is 6.54 Å². The van der Waals surface area contributed by atoms with Gasteiger partial charge in [0.05, 0.1) is 5.69 Å². The van der Waals surface area contributed by atoms with Crippen molar-refractivity contribution < 1.29 is 9.18 Å². The molecule has 6 rings (SSSR count). The lowest BCUT2D eigenvalue weighted by Crippen LogP contribution is -2.45. The van der Waals surface area contributed by atoms with Crippen LogP contribution in [0.2, 0.25) is 0 Å². The number of amides is 1. The first-order chi connectivity index (χ1) is 17.5. The third-order valence-corrected chi connectivity index (χ3v) is 7.14. The molecule has 1 fully saturated rings. The van der Waals surface area contributed by atoms with Crippen molar-refractivity contribution in [3.63, 3.8) is 0 Å². The first-order valence-corrected chi connectivity index (χ1v) is 12.3. The molecule has 1 atom stereocenters. The second-order valence-electron chi connectivity index (χ2n) is 9.65. The van der Waals surface area contributed by atoms with E-state index in [-0.39, 0.29) is 17.8 Å². The normalized spacial score (nSPS) is 16.2. The average Bonchev–Trinajstić information content (AvgIpc) is 3.40. The number of imidazole rings is 1. The highest BCUT2D eigenvalue weighted by Crippen LogP contribution is 2.31. The van der Waals surface area contributed by atoms with Crippen LogP contribution in [0.1, 0.15) is 34.5 Å². The van der Waals surface area contributed by atoms with E-state index in [1.54, 1.807) is 12.1 Å². The molecule has 182 valence electrons. The summed E-state index contributed by atoms with van der Waals surface area (Å²) in [6.07, 6.45) is 3.80. The number of benzene rings is 2. The summed E-state index contributed by atoms with van der Waals surface area (Å²) >= 11 is 0. The molecule has 1 saturated heterocycles. The summed E-state index contributed by atoms with van der Waals surface area (Å²) in [5.74, 6) is -0.253. The zero-order valence-corrected chi connectivity index (χ0v) is 20.2. The van der Waals surface area contributed by atoms with Gasteiger partial charge in [-0.2, -0.15) is 0 Å². The maximum atomic E-state index is 13.9. The Morgan fingerprint density at radius 2 is 1.97 bits per heavy atom. The van der Waals surface area contributed by atoms with Crippen molar-refractivity contribution in [2.45, 2.75) is 32.4 Å². The number of fused-ring (bicyclic) bond motifs is 2. The summed E-state index contributed by atoms with van der Waals surface area (Å²) in [5.41, 5.74) is 12.1. The molecule has 0 saturated carbocycles. The molecule has 0 unspecified atom stereocenters. The van der Waals surface area contributed by atoms with Gasteiger partial charge in [0.1, 0.15) is 17.2 Å². The molecule has 36 heavy (non-hydrogen) atoms. The Morgan fingerprint density at radius 3 is 2.81 bits per heavy atom. The molecule has 1 amide bonds. The van der Waals surface area contributed by atoms with Crippen molar-refractivity contribution in [3.05, 3.63) is 95.6 Å². The number of aryl methyl sites for hydroxylation is 1. The standard InChI is InChI=1S/C29H28FN5O/c1-19-28(32-27-16-22(11-13-34(19)27)29(36)33-12-5-9-24(31)18-33)26-15-21-7-2-3-10-25(21)35(26)17-20-6-4-8-23(30)14-20/h2-4,6-8,10-11,13-16,24H,5,9,12,17-18,31H2,1H3/t24-/m1/s1. The molecule has 3 aromatic heterocycles. The van der Waals surface area contributed by atoms with Crippen LogP contribution < -0.4 is 5.73 Å². The number of rotatable bonds is 4. The quantitative estimate of drug-likeness (QED) is 0.392. The second-order valence-corrected chi connectivity index (χ2v) is 9.65. The summed E-state index contributed by atoms with van der Waals surface area (Å²) in [6, 6.07) is 20.7. The van der Waals surface area contributed by atoms with Gasteiger partial charge in [-0.25, -0.2) is 9.37 Å². The van der Waals surface area contributed by atoms with Crippen LogP contribution in [0.3, 0.4) is 0 Å². The van der Waals surface area contributed by atoms with Crippen molar-refractivity contribution in [1.29, 1.82) is 0 Å². The van der Waals surface area contributed by atoms with Crippen LogP contribution in [0.4, 0.5) is 4.39 Å². The highest BCUT2D eigenvalue weighted by atomic mass is 19.1. The Labute approximate surface area is 208 Å². The lowest BCUT2D eigenvalue weighted by molar-refractivity contribution is 0.0709. The van der Waals surface area contributed by atoms with Crippen LogP contribution in [-0.4, -0.2) is 43.9 Å². The molecule has 7 heteroatoms. The van der Waals surface area contributed by atoms with Gasteiger partial charge in [0.2, 0.25) is 0 Å². The fraction of sp³-hybridized carbons (Fsp3) is 0.241. The zero-order chi connectivity index (χ0) is 24.8. The van der Waals surface area contributed by atoms with E-state index in [1.807, 2.05) is 52.8 Å². The van der Waals surface area contributed by atoms with Gasteiger partial charge >= 0.3 is 0 Å². The number of hydrogen-bond donors (Lipinski definition) is 1. The summed E-state index contributed by atoms with van der Waals surface area (Å²) in [7, 11) is 0. The van der Waals surface area contributed by atoms with Crippen molar-refractivity contribution in [2.24, 2.45) is 5.73 Å². The molecular weight excluding hydrogens is 453 g/mol. The van der Waals surface area contributed by atoms with Crippen molar-refractivity contribution >= 4 is 22.5 Å². The first-order valence-electron chi connectivity index (χ1n) is 12.3. The smallest absolute Gasteiger partial charge is 0.254 e. The van der Waals surface area contributed by atoms with Gasteiger partial charge in [-0.1, -0.05) is 30.3 Å². The number of carbonyl (C=O) groups excluding carboxylic acids is 1. The van der Waals surface area contributed by atoms with Crippen LogP contribution >= 0.6 is 0 Å². The minimum Gasteiger partial charge on any atom is -0.337 e. The Kier molecular flexibility index (Phi) is 5.57. The number of likely N-dealkylation sites (tertiary alicyclic amines) is 1. The molecule has 0 spiro atoms. The lowest BCUT2D eigenvalue weighted by Gasteiger charge is -2.30. The maximum Gasteiger partial charge on any atom is 0.254 e. The minimum absolute atomic E-state index is 0.00456. The predicted molar refractivity (Wildman–Crippen MR) is 139 cm³/mol. The largest absolute Gasteiger partial charge is 0.337 e. The molecule has 5 aromatic rings. The van der Waals surface area contributed by atoms with E-state index >= 15 is 0 Å². The summed E-state index contributed by atoms with van der Waals surface area (Å²) < 4.78 is 18.1. The Morgan fingerprint density at radius 1 is 1.11 bits per heavy atom. The molecule has 2 N–H and O–H groups in total. The maximum absolute atomic E-state index is 13.9. The summed E-state index contributed by atoms with van der Waals surface area (Å²) in [5, 5.41) is 1.10. The van der Waals surface area contributed by atoms with Crippen LogP contribution in [0.15, 0.2) is 72.9 Å². The highest BCUT2D eigenvalue weighted by Gasteiger charge is 2.24. The molecule has 2 aromatic carbocycles. The van der Waals surface area contributed by atoms with Gasteiger partial charge in [0, 0.05) is 54.0 Å². The van der Waals surface area contributed by atoms with Crippen LogP contribution in [0, 0.1) is 12.7 Å². The molecule has 0 radical (unpaired) electrons. The molecule has 1 aliphatic heterocycles. The van der Waals surface area contributed by atoms with Gasteiger partial charge in [0.15, 0.2) is 0 Å². The van der Waals surface area contributed by atoms with E-state index < -0.39 is 0 Å². The van der Waals surface area contributed by atoms with Crippen molar-refractivity contribution in [1.82, 2.24) is 18.9 Å². The fourth-order valence-corrected chi connectivity index (χ4v) is 5.31. The highest BCUT2D eigenvalue weighted by molar-refractivity contribution is 5.95. The molecule has 1 aliphatic rings. The third kappa shape index (κ3) is 3.95. The zero-order valence-electron chi connectivity index (χ0n) is 20.2. The van der Waals surface area contributed by atoms with E-state index in [0.717, 1.165) is 58.6 Å². The van der Waals surface area contributed by atoms with Crippen LogP contribution in [0.5, 0.6) is 0 Å². The second kappa shape index (κ2) is 8.91. The van der Waals surface area contributed by atoms with E-state index in [1.165, 1.54) is 6.07 Å². The van der Waals surface area contributed by atoms with Gasteiger partial charge in [-0.3, -0.25) is 4.79 Å². The number of carbonyl (C=O) groups is 1. The molecule has 0 bridgehead atoms. The molecular formula is C29H28FN5O. The first kappa shape index (κ1) is 22.5. The topological polar surface area (TPSA) is 68.6 Å². The average molecular weight is 482 g/mol. The SMILES string of the molecule is Cc1c(-c2cc3ccccc3n2Cc2cccc(F)c2)nc2cc(C(=O)N3CCC[C@@H](N)C3)ccn12. The van der Waals surface area contributed by atoms with Gasteiger partial charge in [-0.05, 0) is 61.7 Å². The van der Waals surface area contributed by atoms with Crippen LogP contribution in [0.25, 0.3) is 27.9 Å². The predicted octanol–water partition coefficient (Wildman–Crippen LogP) is 5.02. The Balaban J connectivity index is 1.43. The van der Waals surface area contributed by atoms with Crippen molar-refractivity contribution in [2.75, 3.05) is 13.1 Å². The van der Waals surface area contributed by atoms with E-state index in [2.05, 4.69) is 22.8 Å². The van der Waals surface area contributed by atoms with Crippen molar-refractivity contribution in [3.8, 4) is 11.4 Å². The number of halogens is 1. The number of pyridine rings is 1. The molecule has 6 nitrogen and oxygen atoms in total. The number of aromatic nitrogens is 3. The lowest BCUT2D eigenvalue weighted by atomic mass is 10.1. The van der Waals surface area contributed by atoms with Gasteiger partial charge < -0.3 is 19.6 Å². The third-order valence-electron chi connectivity index (χ3n) is 7.14. The number of para-hydroxylation sites is 1. The van der Waals surface area contributed by atoms with E-state index in [4.69, 9.17) is 10.7 Å². The number of piperidine rings is 1. The minimum atomic E-state index is -0.249. The molecule has 4 heterocycles. The Hall–Kier alpha value is -3.97. The summed E-state index contributed by atoms with van der Waals surface area (Å²) in [6.45, 7) is 3.87. The number of hydrogen-bond acceptors (Lipinski definition) is 3. The number of nitrogens with zero attached hydrogens (tertiary/aromatic N) is 4. The van der Waals surface area contributed by atoms with Gasteiger partial charge in [0.25, 0.3) is 5.91 Å². The summed E-state index contributed by atoms with van der Waals surface area (Å²) in [4.78, 5) is 20.0. The number of nitrogens with two attached hydrogens (primary N) is 1.